The number of methoxy groups -OCH3 is 1. The molecule has 134 valence electrons. The highest BCUT2D eigenvalue weighted by Gasteiger charge is 2.28. The van der Waals surface area contributed by atoms with Crippen molar-refractivity contribution in [1.29, 1.82) is 0 Å². The van der Waals surface area contributed by atoms with E-state index in [1.54, 1.807) is 25.7 Å². The van der Waals surface area contributed by atoms with E-state index in [4.69, 9.17) is 4.74 Å². The van der Waals surface area contributed by atoms with Crippen LogP contribution in [-0.2, 0) is 9.53 Å². The Kier molecular flexibility index (Phi) is 5.43. The highest BCUT2D eigenvalue weighted by atomic mass is 16.5. The number of aromatic nitrogens is 4. The first-order chi connectivity index (χ1) is 12.1. The van der Waals surface area contributed by atoms with E-state index in [0.717, 1.165) is 36.5 Å². The van der Waals surface area contributed by atoms with E-state index in [9.17, 15) is 4.79 Å². The Balaban J connectivity index is 1.90. The molecule has 3 rings (SSSR count). The lowest BCUT2D eigenvalue weighted by Gasteiger charge is -2.33. The SMILES string of the molecule is COCC(=O)N1CCC[C@H](c2nccnc2-c2ccnn2C(C)C)C1. The molecule has 0 saturated carbocycles. The van der Waals surface area contributed by atoms with Crippen molar-refractivity contribution < 1.29 is 9.53 Å². The molecule has 0 bridgehead atoms. The largest absolute Gasteiger partial charge is 0.375 e. The number of rotatable bonds is 5. The van der Waals surface area contributed by atoms with Gasteiger partial charge in [-0.3, -0.25) is 19.4 Å². The number of piperidine rings is 1. The quantitative estimate of drug-likeness (QED) is 0.833. The summed E-state index contributed by atoms with van der Waals surface area (Å²) in [6, 6.07) is 2.22. The average molecular weight is 343 g/mol. The van der Waals surface area contributed by atoms with Crippen LogP contribution >= 0.6 is 0 Å². The van der Waals surface area contributed by atoms with Gasteiger partial charge in [0.15, 0.2) is 0 Å². The monoisotopic (exact) mass is 343 g/mol. The Labute approximate surface area is 148 Å². The zero-order valence-corrected chi connectivity index (χ0v) is 15.1. The van der Waals surface area contributed by atoms with E-state index in [0.29, 0.717) is 6.54 Å². The van der Waals surface area contributed by atoms with Gasteiger partial charge in [0, 0.05) is 50.7 Å². The van der Waals surface area contributed by atoms with Gasteiger partial charge in [0.05, 0.1) is 11.4 Å². The van der Waals surface area contributed by atoms with Crippen molar-refractivity contribution in [3.63, 3.8) is 0 Å². The maximum Gasteiger partial charge on any atom is 0.248 e. The van der Waals surface area contributed by atoms with Crippen LogP contribution in [-0.4, -0.2) is 57.4 Å². The van der Waals surface area contributed by atoms with Gasteiger partial charge in [-0.25, -0.2) is 0 Å². The van der Waals surface area contributed by atoms with Crippen LogP contribution in [0, 0.1) is 0 Å². The van der Waals surface area contributed by atoms with Crippen molar-refractivity contribution in [2.75, 3.05) is 26.8 Å². The fraction of sp³-hybridized carbons (Fsp3) is 0.556. The van der Waals surface area contributed by atoms with Gasteiger partial charge in [-0.1, -0.05) is 0 Å². The van der Waals surface area contributed by atoms with Gasteiger partial charge >= 0.3 is 0 Å². The van der Waals surface area contributed by atoms with Crippen LogP contribution in [0.4, 0.5) is 0 Å². The van der Waals surface area contributed by atoms with Gasteiger partial charge < -0.3 is 9.64 Å². The lowest BCUT2D eigenvalue weighted by Crippen LogP contribution is -2.41. The lowest BCUT2D eigenvalue weighted by molar-refractivity contribution is -0.136. The lowest BCUT2D eigenvalue weighted by atomic mass is 9.92. The first kappa shape index (κ1) is 17.5. The van der Waals surface area contributed by atoms with Crippen molar-refractivity contribution in [3.05, 3.63) is 30.4 Å². The molecule has 1 saturated heterocycles. The van der Waals surface area contributed by atoms with Crippen LogP contribution in [0.5, 0.6) is 0 Å². The van der Waals surface area contributed by atoms with Gasteiger partial charge in [-0.05, 0) is 32.8 Å². The highest BCUT2D eigenvalue weighted by Crippen LogP contribution is 2.32. The molecule has 0 radical (unpaired) electrons. The maximum atomic E-state index is 12.2. The van der Waals surface area contributed by atoms with Gasteiger partial charge in [0.1, 0.15) is 12.3 Å². The number of carbonyl (C=O) groups excluding carboxylic acids is 1. The Morgan fingerprint density at radius 3 is 2.88 bits per heavy atom. The molecule has 0 aliphatic carbocycles. The van der Waals surface area contributed by atoms with E-state index in [-0.39, 0.29) is 24.5 Å². The minimum absolute atomic E-state index is 0.0323. The van der Waals surface area contributed by atoms with Gasteiger partial charge in [0.25, 0.3) is 0 Å². The Bertz CT molecular complexity index is 728. The van der Waals surface area contributed by atoms with Gasteiger partial charge in [-0.2, -0.15) is 5.10 Å². The average Bonchev–Trinajstić information content (AvgIpc) is 3.12. The first-order valence-corrected chi connectivity index (χ1v) is 8.73. The summed E-state index contributed by atoms with van der Waals surface area (Å²) in [4.78, 5) is 23.3. The van der Waals surface area contributed by atoms with Crippen molar-refractivity contribution >= 4 is 5.91 Å². The molecule has 0 unspecified atom stereocenters. The number of hydrogen-bond donors (Lipinski definition) is 0. The van der Waals surface area contributed by atoms with Crippen molar-refractivity contribution in [3.8, 4) is 11.4 Å². The summed E-state index contributed by atoms with van der Waals surface area (Å²) in [5.74, 6) is 0.207. The van der Waals surface area contributed by atoms with E-state index in [2.05, 4.69) is 28.9 Å². The van der Waals surface area contributed by atoms with E-state index in [1.807, 2.05) is 15.6 Å². The van der Waals surface area contributed by atoms with Crippen LogP contribution in [0.15, 0.2) is 24.7 Å². The molecular formula is C18H25N5O2. The van der Waals surface area contributed by atoms with Gasteiger partial charge in [-0.15, -0.1) is 0 Å². The summed E-state index contributed by atoms with van der Waals surface area (Å²) < 4.78 is 6.95. The fourth-order valence-corrected chi connectivity index (χ4v) is 3.40. The molecular weight excluding hydrogens is 318 g/mol. The normalized spacial score (nSPS) is 17.9. The molecule has 7 heteroatoms. The predicted molar refractivity (Wildman–Crippen MR) is 94.1 cm³/mol. The molecule has 3 heterocycles. The second-order valence-electron chi connectivity index (χ2n) is 6.66. The zero-order valence-electron chi connectivity index (χ0n) is 15.1. The number of ether oxygens (including phenoxy) is 1. The van der Waals surface area contributed by atoms with Crippen LogP contribution in [0.1, 0.15) is 44.3 Å². The number of amides is 1. The van der Waals surface area contributed by atoms with E-state index >= 15 is 0 Å². The molecule has 0 N–H and O–H groups in total. The highest BCUT2D eigenvalue weighted by molar-refractivity contribution is 5.77. The standard InChI is InChI=1S/C18H25N5O2/c1-13(2)23-15(6-7-21-23)18-17(19-8-9-20-18)14-5-4-10-22(11-14)16(24)12-25-3/h6-9,13-14H,4-5,10-12H2,1-3H3/t14-/m0/s1. The summed E-state index contributed by atoms with van der Waals surface area (Å²) in [7, 11) is 1.55. The molecule has 7 nitrogen and oxygen atoms in total. The topological polar surface area (TPSA) is 73.1 Å². The molecule has 1 aliphatic heterocycles. The van der Waals surface area contributed by atoms with Crippen LogP contribution in [0.3, 0.4) is 0 Å². The third kappa shape index (κ3) is 3.71. The second kappa shape index (κ2) is 7.74. The molecule has 1 aliphatic rings. The minimum atomic E-state index is 0.0323. The maximum absolute atomic E-state index is 12.2. The Morgan fingerprint density at radius 1 is 1.32 bits per heavy atom. The van der Waals surface area contributed by atoms with Crippen LogP contribution < -0.4 is 0 Å². The molecule has 2 aromatic heterocycles. The third-order valence-electron chi connectivity index (χ3n) is 4.56. The summed E-state index contributed by atoms with van der Waals surface area (Å²) in [5.41, 5.74) is 2.78. The Hall–Kier alpha value is -2.28. The number of carbonyl (C=O) groups is 1. The van der Waals surface area contributed by atoms with Crippen molar-refractivity contribution in [1.82, 2.24) is 24.6 Å². The number of hydrogen-bond acceptors (Lipinski definition) is 5. The third-order valence-corrected chi connectivity index (χ3v) is 4.56. The van der Waals surface area contributed by atoms with Crippen LogP contribution in [0.2, 0.25) is 0 Å². The van der Waals surface area contributed by atoms with E-state index in [1.165, 1.54) is 0 Å². The molecule has 1 atom stereocenters. The smallest absolute Gasteiger partial charge is 0.248 e. The van der Waals surface area contributed by atoms with Gasteiger partial charge in [0.2, 0.25) is 5.91 Å². The predicted octanol–water partition coefficient (Wildman–Crippen LogP) is 2.27. The summed E-state index contributed by atoms with van der Waals surface area (Å²) in [5, 5.41) is 4.41. The molecule has 0 aromatic carbocycles. The molecule has 2 aromatic rings. The summed E-state index contributed by atoms with van der Waals surface area (Å²) >= 11 is 0. The number of likely N-dealkylation sites (tertiary alicyclic amines) is 1. The van der Waals surface area contributed by atoms with Crippen LogP contribution in [0.25, 0.3) is 11.4 Å². The number of nitrogens with zero attached hydrogens (tertiary/aromatic N) is 5. The second-order valence-corrected chi connectivity index (χ2v) is 6.66. The molecule has 0 spiro atoms. The fourth-order valence-electron chi connectivity index (χ4n) is 3.40. The van der Waals surface area contributed by atoms with Crippen molar-refractivity contribution in [2.24, 2.45) is 0 Å². The molecule has 1 fully saturated rings. The summed E-state index contributed by atoms with van der Waals surface area (Å²) in [6.07, 6.45) is 7.19. The molecule has 1 amide bonds. The summed E-state index contributed by atoms with van der Waals surface area (Å²) in [6.45, 7) is 5.75. The first-order valence-electron chi connectivity index (χ1n) is 8.73. The zero-order chi connectivity index (χ0) is 17.8. The minimum Gasteiger partial charge on any atom is -0.375 e. The van der Waals surface area contributed by atoms with Crippen molar-refractivity contribution in [2.45, 2.75) is 38.6 Å². The molecule has 25 heavy (non-hydrogen) atoms. The van der Waals surface area contributed by atoms with E-state index < -0.39 is 0 Å². The Morgan fingerprint density at radius 2 is 2.12 bits per heavy atom.